The molecule has 4 rings (SSSR count). The van der Waals surface area contributed by atoms with E-state index in [9.17, 15) is 4.79 Å². The molecule has 2 aromatic carbocycles. The number of nitrogens with zero attached hydrogens (tertiary/aromatic N) is 2. The highest BCUT2D eigenvalue weighted by atomic mass is 32.1. The number of carbonyl (C=O) groups excluding carboxylic acids is 1. The lowest BCUT2D eigenvalue weighted by molar-refractivity contribution is -0.118. The van der Waals surface area contributed by atoms with E-state index in [4.69, 9.17) is 9.47 Å². The van der Waals surface area contributed by atoms with Gasteiger partial charge in [0.05, 0.1) is 0 Å². The summed E-state index contributed by atoms with van der Waals surface area (Å²) in [5, 5.41) is 12.1. The van der Waals surface area contributed by atoms with E-state index in [1.54, 1.807) is 0 Å². The smallest absolute Gasteiger partial charge is 0.264 e. The third-order valence-electron chi connectivity index (χ3n) is 4.50. The first-order chi connectivity index (χ1) is 13.7. The fraction of sp³-hybridized carbons (Fsp3) is 0.286. The Bertz CT molecular complexity index is 932. The summed E-state index contributed by atoms with van der Waals surface area (Å²) < 4.78 is 11.2. The Kier molecular flexibility index (Phi) is 5.64. The summed E-state index contributed by atoms with van der Waals surface area (Å²) in [6, 6.07) is 16.0. The van der Waals surface area contributed by atoms with Crippen molar-refractivity contribution >= 4 is 22.4 Å². The highest BCUT2D eigenvalue weighted by molar-refractivity contribution is 7.15. The van der Waals surface area contributed by atoms with Crippen LogP contribution in [0.1, 0.15) is 29.5 Å². The first-order valence-corrected chi connectivity index (χ1v) is 10.0. The Hall–Kier alpha value is -2.77. The van der Waals surface area contributed by atoms with Gasteiger partial charge < -0.3 is 9.47 Å². The molecular formula is C21H21N3O3S. The number of hydrogen-bond donors (Lipinski definition) is 1. The number of aryl methyl sites for hydroxylation is 1. The predicted molar refractivity (Wildman–Crippen MR) is 109 cm³/mol. The average molecular weight is 395 g/mol. The maximum absolute atomic E-state index is 12.1. The van der Waals surface area contributed by atoms with Gasteiger partial charge in [-0.1, -0.05) is 53.3 Å². The molecule has 0 bridgehead atoms. The molecule has 6 nitrogen and oxygen atoms in total. The lowest BCUT2D eigenvalue weighted by Crippen LogP contribution is -2.20. The van der Waals surface area contributed by atoms with Gasteiger partial charge in [-0.05, 0) is 43.0 Å². The summed E-state index contributed by atoms with van der Waals surface area (Å²) in [4.78, 5) is 12.1. The third kappa shape index (κ3) is 4.55. The molecular weight excluding hydrogens is 374 g/mol. The van der Waals surface area contributed by atoms with Crippen LogP contribution in [0.5, 0.6) is 5.75 Å². The van der Waals surface area contributed by atoms with Crippen molar-refractivity contribution in [1.29, 1.82) is 0 Å². The number of carbonyl (C=O) groups is 1. The second-order valence-corrected chi connectivity index (χ2v) is 7.68. The molecule has 0 aliphatic carbocycles. The summed E-state index contributed by atoms with van der Waals surface area (Å²) in [6.07, 6.45) is 1.98. The molecule has 7 heteroatoms. The van der Waals surface area contributed by atoms with E-state index in [0.717, 1.165) is 35.6 Å². The highest BCUT2D eigenvalue weighted by Crippen LogP contribution is 2.31. The normalized spacial score (nSPS) is 16.1. The van der Waals surface area contributed by atoms with Gasteiger partial charge in [0.15, 0.2) is 6.61 Å². The molecule has 144 valence electrons. The van der Waals surface area contributed by atoms with Crippen molar-refractivity contribution in [3.63, 3.8) is 0 Å². The standard InChI is InChI=1S/C21H21N3O3S/c1-14-4-6-15(7-5-14)16-8-10-17(11-9-16)27-13-19(25)22-21-24-23-20(28-21)18-3-2-12-26-18/h4-11,18H,2-3,12-13H2,1H3,(H,22,24,25)/t18-/m0/s1. The van der Waals surface area contributed by atoms with E-state index in [0.29, 0.717) is 10.9 Å². The molecule has 0 saturated carbocycles. The minimum Gasteiger partial charge on any atom is -0.484 e. The van der Waals surface area contributed by atoms with Crippen LogP contribution in [0.4, 0.5) is 5.13 Å². The number of ether oxygens (including phenoxy) is 2. The molecule has 0 spiro atoms. The largest absolute Gasteiger partial charge is 0.484 e. The summed E-state index contributed by atoms with van der Waals surface area (Å²) in [6.45, 7) is 2.73. The van der Waals surface area contributed by atoms with Crippen LogP contribution in [0, 0.1) is 6.92 Å². The number of hydrogen-bond acceptors (Lipinski definition) is 6. The number of nitrogens with one attached hydrogen (secondary N) is 1. The van der Waals surface area contributed by atoms with E-state index in [1.165, 1.54) is 16.9 Å². The van der Waals surface area contributed by atoms with Gasteiger partial charge in [0.25, 0.3) is 5.91 Å². The maximum atomic E-state index is 12.1. The zero-order valence-electron chi connectivity index (χ0n) is 15.6. The highest BCUT2D eigenvalue weighted by Gasteiger charge is 2.22. The number of anilines is 1. The Morgan fingerprint density at radius 3 is 2.54 bits per heavy atom. The molecule has 1 N–H and O–H groups in total. The van der Waals surface area contributed by atoms with Gasteiger partial charge >= 0.3 is 0 Å². The van der Waals surface area contributed by atoms with Gasteiger partial charge in [-0.25, -0.2) is 0 Å². The fourth-order valence-corrected chi connectivity index (χ4v) is 3.83. The fourth-order valence-electron chi connectivity index (χ4n) is 2.98. The summed E-state index contributed by atoms with van der Waals surface area (Å²) in [5.41, 5.74) is 3.48. The monoisotopic (exact) mass is 395 g/mol. The van der Waals surface area contributed by atoms with Crippen molar-refractivity contribution in [3.05, 3.63) is 59.1 Å². The van der Waals surface area contributed by atoms with Crippen molar-refractivity contribution in [2.75, 3.05) is 18.5 Å². The van der Waals surface area contributed by atoms with Crippen LogP contribution in [0.15, 0.2) is 48.5 Å². The topological polar surface area (TPSA) is 73.3 Å². The lowest BCUT2D eigenvalue weighted by atomic mass is 10.0. The van der Waals surface area contributed by atoms with E-state index < -0.39 is 0 Å². The van der Waals surface area contributed by atoms with Gasteiger partial charge in [0.1, 0.15) is 16.9 Å². The van der Waals surface area contributed by atoms with E-state index in [-0.39, 0.29) is 18.6 Å². The second kappa shape index (κ2) is 8.50. The minimum atomic E-state index is -0.266. The summed E-state index contributed by atoms with van der Waals surface area (Å²) >= 11 is 1.35. The molecule has 1 atom stereocenters. The molecule has 1 fully saturated rings. The van der Waals surface area contributed by atoms with Crippen molar-refractivity contribution < 1.29 is 14.3 Å². The zero-order chi connectivity index (χ0) is 19.3. The predicted octanol–water partition coefficient (Wildman–Crippen LogP) is 4.38. The van der Waals surface area contributed by atoms with Crippen LogP contribution in [-0.2, 0) is 9.53 Å². The van der Waals surface area contributed by atoms with Crippen LogP contribution in [0.25, 0.3) is 11.1 Å². The van der Waals surface area contributed by atoms with E-state index in [2.05, 4.69) is 46.7 Å². The first-order valence-electron chi connectivity index (χ1n) is 9.22. The molecule has 1 amide bonds. The lowest BCUT2D eigenvalue weighted by Gasteiger charge is -2.07. The zero-order valence-corrected chi connectivity index (χ0v) is 16.4. The number of aromatic nitrogens is 2. The number of rotatable bonds is 6. The number of amides is 1. The molecule has 3 aromatic rings. The molecule has 28 heavy (non-hydrogen) atoms. The Labute approximate surface area is 167 Å². The van der Waals surface area contributed by atoms with Gasteiger partial charge in [-0.3, -0.25) is 10.1 Å². The van der Waals surface area contributed by atoms with Crippen molar-refractivity contribution in [2.45, 2.75) is 25.9 Å². The van der Waals surface area contributed by atoms with E-state index >= 15 is 0 Å². The molecule has 1 saturated heterocycles. The van der Waals surface area contributed by atoms with E-state index in [1.807, 2.05) is 24.3 Å². The minimum absolute atomic E-state index is 0.00597. The van der Waals surface area contributed by atoms with Crippen LogP contribution in [0.2, 0.25) is 0 Å². The number of benzene rings is 2. The van der Waals surface area contributed by atoms with Crippen molar-refractivity contribution in [1.82, 2.24) is 10.2 Å². The van der Waals surface area contributed by atoms with Crippen LogP contribution in [0.3, 0.4) is 0 Å². The third-order valence-corrected chi connectivity index (χ3v) is 5.43. The van der Waals surface area contributed by atoms with Gasteiger partial charge in [-0.15, -0.1) is 10.2 Å². The van der Waals surface area contributed by atoms with Gasteiger partial charge in [0.2, 0.25) is 5.13 Å². The van der Waals surface area contributed by atoms with Gasteiger partial charge in [0, 0.05) is 6.61 Å². The molecule has 0 unspecified atom stereocenters. The summed E-state index contributed by atoms with van der Waals surface area (Å²) in [7, 11) is 0. The average Bonchev–Trinajstić information content (AvgIpc) is 3.39. The molecule has 1 aromatic heterocycles. The molecule has 0 radical (unpaired) electrons. The molecule has 2 heterocycles. The quantitative estimate of drug-likeness (QED) is 0.670. The molecule has 1 aliphatic rings. The Morgan fingerprint density at radius 1 is 1.14 bits per heavy atom. The van der Waals surface area contributed by atoms with Crippen LogP contribution >= 0.6 is 11.3 Å². The van der Waals surface area contributed by atoms with Crippen molar-refractivity contribution in [3.8, 4) is 16.9 Å². The SMILES string of the molecule is Cc1ccc(-c2ccc(OCC(=O)Nc3nnc([C@@H]4CCCO4)s3)cc2)cc1. The van der Waals surface area contributed by atoms with Gasteiger partial charge in [-0.2, -0.15) is 0 Å². The second-order valence-electron chi connectivity index (χ2n) is 6.67. The van der Waals surface area contributed by atoms with Crippen molar-refractivity contribution in [2.24, 2.45) is 0 Å². The van der Waals surface area contributed by atoms with Crippen LogP contribution in [-0.4, -0.2) is 29.3 Å². The molecule has 1 aliphatic heterocycles. The maximum Gasteiger partial charge on any atom is 0.264 e. The first kappa shape index (κ1) is 18.6. The Morgan fingerprint density at radius 2 is 1.86 bits per heavy atom. The Balaban J connectivity index is 1.29. The van der Waals surface area contributed by atoms with Crippen LogP contribution < -0.4 is 10.1 Å². The summed E-state index contributed by atoms with van der Waals surface area (Å²) in [5.74, 6) is 0.376.